The Labute approximate surface area is 126 Å². The lowest BCUT2D eigenvalue weighted by Crippen LogP contribution is -2.37. The Balaban J connectivity index is 3.13. The number of sulfonamides is 1. The van der Waals surface area contributed by atoms with Crippen LogP contribution in [0.2, 0.25) is 0 Å². The van der Waals surface area contributed by atoms with Crippen LogP contribution in [-0.2, 0) is 10.0 Å². The summed E-state index contributed by atoms with van der Waals surface area (Å²) in [6.45, 7) is 1.66. The van der Waals surface area contributed by atoms with Gasteiger partial charge in [0.1, 0.15) is 10.7 Å². The topological polar surface area (TPSA) is 63.4 Å². The quantitative estimate of drug-likeness (QED) is 0.809. The fourth-order valence-electron chi connectivity index (χ4n) is 1.50. The third-order valence-corrected chi connectivity index (χ3v) is 5.33. The number of benzene rings is 1. The van der Waals surface area contributed by atoms with Crippen molar-refractivity contribution in [3.63, 3.8) is 0 Å². The van der Waals surface area contributed by atoms with E-state index in [0.29, 0.717) is 4.47 Å². The average Bonchev–Trinajstić information content (AvgIpc) is 2.26. The Morgan fingerprint density at radius 1 is 1.58 bits per heavy atom. The molecule has 0 fully saturated rings. The summed E-state index contributed by atoms with van der Waals surface area (Å²) in [4.78, 5) is -0.154. The SMILES string of the molecule is CC(CC(N)=S)N(C)S(=O)(=O)c1ccc(Br)cc1F. The van der Waals surface area contributed by atoms with Crippen LogP contribution in [0.3, 0.4) is 0 Å². The van der Waals surface area contributed by atoms with Crippen molar-refractivity contribution in [3.8, 4) is 0 Å². The van der Waals surface area contributed by atoms with Gasteiger partial charge in [-0.2, -0.15) is 4.31 Å². The molecule has 0 radical (unpaired) electrons. The van der Waals surface area contributed by atoms with Crippen LogP contribution in [0.5, 0.6) is 0 Å². The first-order valence-electron chi connectivity index (χ1n) is 5.37. The van der Waals surface area contributed by atoms with Crippen LogP contribution in [0.25, 0.3) is 0 Å². The minimum Gasteiger partial charge on any atom is -0.393 e. The second-order valence-electron chi connectivity index (χ2n) is 4.12. The molecule has 0 bridgehead atoms. The molecule has 1 unspecified atom stereocenters. The standard InChI is InChI=1S/C11H14BrFN2O2S2/c1-7(5-11(14)18)15(2)19(16,17)10-4-3-8(12)6-9(10)13/h3-4,6-7H,5H2,1-2H3,(H2,14,18). The summed E-state index contributed by atoms with van der Waals surface area (Å²) < 4.78 is 39.8. The van der Waals surface area contributed by atoms with Crippen molar-refractivity contribution < 1.29 is 12.8 Å². The molecule has 1 rings (SSSR count). The highest BCUT2D eigenvalue weighted by atomic mass is 79.9. The highest BCUT2D eigenvalue weighted by molar-refractivity contribution is 9.10. The molecule has 0 spiro atoms. The highest BCUT2D eigenvalue weighted by Gasteiger charge is 2.28. The molecule has 0 aliphatic heterocycles. The molecule has 0 aliphatic rings. The lowest BCUT2D eigenvalue weighted by Gasteiger charge is -2.24. The van der Waals surface area contributed by atoms with Gasteiger partial charge < -0.3 is 5.73 Å². The van der Waals surface area contributed by atoms with Crippen molar-refractivity contribution in [2.45, 2.75) is 24.3 Å². The van der Waals surface area contributed by atoms with Crippen molar-refractivity contribution in [1.82, 2.24) is 4.31 Å². The molecule has 8 heteroatoms. The molecule has 1 aromatic carbocycles. The molecular formula is C11H14BrFN2O2S2. The largest absolute Gasteiger partial charge is 0.393 e. The zero-order valence-electron chi connectivity index (χ0n) is 10.4. The van der Waals surface area contributed by atoms with Gasteiger partial charge in [0.15, 0.2) is 0 Å². The smallest absolute Gasteiger partial charge is 0.245 e. The zero-order valence-corrected chi connectivity index (χ0v) is 13.6. The third kappa shape index (κ3) is 3.95. The molecule has 1 aromatic rings. The van der Waals surface area contributed by atoms with Gasteiger partial charge in [0, 0.05) is 24.0 Å². The molecule has 0 saturated carbocycles. The maximum atomic E-state index is 13.7. The maximum absolute atomic E-state index is 13.7. The van der Waals surface area contributed by atoms with Gasteiger partial charge in [-0.05, 0) is 25.1 Å². The minimum absolute atomic E-state index is 0.214. The van der Waals surface area contributed by atoms with Gasteiger partial charge >= 0.3 is 0 Å². The van der Waals surface area contributed by atoms with E-state index in [9.17, 15) is 12.8 Å². The third-order valence-electron chi connectivity index (χ3n) is 2.67. The summed E-state index contributed by atoms with van der Waals surface area (Å²) in [5, 5.41) is 0. The van der Waals surface area contributed by atoms with Crippen LogP contribution >= 0.6 is 28.1 Å². The van der Waals surface area contributed by atoms with Gasteiger partial charge in [-0.15, -0.1) is 0 Å². The number of hydrogen-bond donors (Lipinski definition) is 1. The molecule has 0 amide bonds. The molecule has 2 N–H and O–H groups in total. The van der Waals surface area contributed by atoms with E-state index in [2.05, 4.69) is 15.9 Å². The van der Waals surface area contributed by atoms with Crippen molar-refractivity contribution in [3.05, 3.63) is 28.5 Å². The van der Waals surface area contributed by atoms with Gasteiger partial charge in [0.05, 0.1) is 4.99 Å². The molecule has 0 aromatic heterocycles. The van der Waals surface area contributed by atoms with Crippen LogP contribution < -0.4 is 5.73 Å². The van der Waals surface area contributed by atoms with E-state index in [0.717, 1.165) is 10.4 Å². The first kappa shape index (κ1) is 16.5. The van der Waals surface area contributed by atoms with E-state index in [-0.39, 0.29) is 16.3 Å². The van der Waals surface area contributed by atoms with Crippen molar-refractivity contribution in [2.24, 2.45) is 5.73 Å². The summed E-state index contributed by atoms with van der Waals surface area (Å²) in [6, 6.07) is 3.37. The zero-order chi connectivity index (χ0) is 14.8. The molecule has 19 heavy (non-hydrogen) atoms. The van der Waals surface area contributed by atoms with Gasteiger partial charge in [-0.25, -0.2) is 12.8 Å². The summed E-state index contributed by atoms with van der Waals surface area (Å²) in [7, 11) is -2.53. The first-order valence-corrected chi connectivity index (χ1v) is 8.01. The van der Waals surface area contributed by atoms with Crippen molar-refractivity contribution in [1.29, 1.82) is 0 Å². The van der Waals surface area contributed by atoms with E-state index in [1.165, 1.54) is 19.2 Å². The number of halogens is 2. The van der Waals surface area contributed by atoms with Gasteiger partial charge in [-0.3, -0.25) is 0 Å². The number of nitrogens with two attached hydrogens (primary N) is 1. The average molecular weight is 369 g/mol. The number of rotatable bonds is 5. The van der Waals surface area contributed by atoms with Crippen LogP contribution in [0.1, 0.15) is 13.3 Å². The molecule has 0 aliphatic carbocycles. The summed E-state index contributed by atoms with van der Waals surface area (Å²) in [6.07, 6.45) is 0.239. The molecule has 0 heterocycles. The fourth-order valence-corrected chi connectivity index (χ4v) is 3.47. The van der Waals surface area contributed by atoms with E-state index in [1.54, 1.807) is 6.92 Å². The van der Waals surface area contributed by atoms with Crippen LogP contribution in [-0.4, -0.2) is 30.8 Å². The van der Waals surface area contributed by atoms with Gasteiger partial charge in [-0.1, -0.05) is 28.1 Å². The Morgan fingerprint density at radius 3 is 2.63 bits per heavy atom. The number of nitrogens with zero attached hydrogens (tertiary/aromatic N) is 1. The molecule has 0 saturated heterocycles. The Hall–Kier alpha value is -0.570. The maximum Gasteiger partial charge on any atom is 0.245 e. The molecular weight excluding hydrogens is 355 g/mol. The summed E-state index contributed by atoms with van der Waals surface area (Å²) >= 11 is 7.83. The van der Waals surface area contributed by atoms with E-state index < -0.39 is 21.9 Å². The minimum atomic E-state index is -3.91. The predicted octanol–water partition coefficient (Wildman–Crippen LogP) is 2.27. The lowest BCUT2D eigenvalue weighted by atomic mass is 10.2. The van der Waals surface area contributed by atoms with E-state index >= 15 is 0 Å². The van der Waals surface area contributed by atoms with Crippen LogP contribution in [0.4, 0.5) is 4.39 Å². The normalized spacial score (nSPS) is 13.5. The fraction of sp³-hybridized carbons (Fsp3) is 0.364. The summed E-state index contributed by atoms with van der Waals surface area (Å²) in [5.74, 6) is -0.802. The predicted molar refractivity (Wildman–Crippen MR) is 79.9 cm³/mol. The van der Waals surface area contributed by atoms with E-state index in [1.807, 2.05) is 0 Å². The molecule has 106 valence electrons. The Morgan fingerprint density at radius 2 is 2.16 bits per heavy atom. The number of thiocarbonyl (C=S) groups is 1. The van der Waals surface area contributed by atoms with Crippen LogP contribution in [0.15, 0.2) is 27.6 Å². The van der Waals surface area contributed by atoms with Crippen molar-refractivity contribution in [2.75, 3.05) is 7.05 Å². The Bertz CT molecular complexity index is 592. The van der Waals surface area contributed by atoms with Crippen molar-refractivity contribution >= 4 is 43.2 Å². The second kappa shape index (κ2) is 6.25. The van der Waals surface area contributed by atoms with Gasteiger partial charge in [0.2, 0.25) is 10.0 Å². The Kier molecular flexibility index (Phi) is 5.43. The first-order chi connectivity index (χ1) is 8.66. The van der Waals surface area contributed by atoms with Crippen LogP contribution in [0, 0.1) is 5.82 Å². The van der Waals surface area contributed by atoms with E-state index in [4.69, 9.17) is 18.0 Å². The van der Waals surface area contributed by atoms with Gasteiger partial charge in [0.25, 0.3) is 0 Å². The molecule has 4 nitrogen and oxygen atoms in total. The second-order valence-corrected chi connectivity index (χ2v) is 7.52. The number of hydrogen-bond acceptors (Lipinski definition) is 3. The summed E-state index contributed by atoms with van der Waals surface area (Å²) in [5.41, 5.74) is 5.39. The molecule has 1 atom stereocenters. The lowest BCUT2D eigenvalue weighted by molar-refractivity contribution is 0.394. The highest BCUT2D eigenvalue weighted by Crippen LogP contribution is 2.23. The monoisotopic (exact) mass is 368 g/mol.